The van der Waals surface area contributed by atoms with Crippen LogP contribution in [-0.4, -0.2) is 42.8 Å². The van der Waals surface area contributed by atoms with Crippen molar-refractivity contribution in [1.82, 2.24) is 0 Å². The third kappa shape index (κ3) is 1.36. The smallest absolute Gasteiger partial charge is 0.153 e. The van der Waals surface area contributed by atoms with E-state index in [2.05, 4.69) is 0 Å². The Bertz CT molecular complexity index is 253. The molecule has 0 spiro atoms. The molecule has 1 saturated carbocycles. The first kappa shape index (κ1) is 9.95. The van der Waals surface area contributed by atoms with Crippen LogP contribution in [-0.2, 0) is 9.84 Å². The summed E-state index contributed by atoms with van der Waals surface area (Å²) in [6.45, 7) is 1.09. The quantitative estimate of drug-likeness (QED) is 0.612. The molecule has 12 heavy (non-hydrogen) atoms. The molecular weight excluding hydrogens is 180 g/mol. The van der Waals surface area contributed by atoms with Gasteiger partial charge in [-0.3, -0.25) is 0 Å². The maximum Gasteiger partial charge on any atom is 0.153 e. The first-order valence-electron chi connectivity index (χ1n) is 3.95. The Morgan fingerprint density at radius 3 is 2.17 bits per heavy atom. The molecule has 0 aromatic heterocycles. The predicted molar refractivity (Wildman–Crippen MR) is 44.5 cm³/mol. The predicted octanol–water partition coefficient (Wildman–Crippen LogP) is -0.836. The zero-order valence-electron chi connectivity index (χ0n) is 7.02. The van der Waals surface area contributed by atoms with Gasteiger partial charge < -0.3 is 10.2 Å². The van der Waals surface area contributed by atoms with Gasteiger partial charge >= 0.3 is 0 Å². The van der Waals surface area contributed by atoms with Gasteiger partial charge in [-0.1, -0.05) is 6.92 Å². The van der Waals surface area contributed by atoms with Crippen molar-refractivity contribution >= 4 is 9.84 Å². The van der Waals surface area contributed by atoms with E-state index < -0.39 is 20.5 Å². The van der Waals surface area contributed by atoms with Gasteiger partial charge in [-0.05, 0) is 6.42 Å². The summed E-state index contributed by atoms with van der Waals surface area (Å²) in [7, 11) is -3.08. The second-order valence-corrected chi connectivity index (χ2v) is 5.80. The normalized spacial score (nSPS) is 27.1. The molecule has 0 amide bonds. The molecule has 1 unspecified atom stereocenters. The molecule has 1 atom stereocenters. The fourth-order valence-corrected chi connectivity index (χ4v) is 3.30. The van der Waals surface area contributed by atoms with Crippen LogP contribution in [0, 0.1) is 5.41 Å². The molecule has 0 aliphatic heterocycles. The van der Waals surface area contributed by atoms with E-state index in [1.165, 1.54) is 0 Å². The maximum atomic E-state index is 11.3. The summed E-state index contributed by atoms with van der Waals surface area (Å²) in [5.41, 5.74) is -0.741. The largest absolute Gasteiger partial charge is 0.396 e. The van der Waals surface area contributed by atoms with Gasteiger partial charge in [0.25, 0.3) is 0 Å². The maximum absolute atomic E-state index is 11.3. The Labute approximate surface area is 72.1 Å². The molecule has 0 heterocycles. The van der Waals surface area contributed by atoms with Gasteiger partial charge in [0.15, 0.2) is 9.84 Å². The Morgan fingerprint density at radius 2 is 1.92 bits per heavy atom. The fraction of sp³-hybridized carbons (Fsp3) is 1.00. The van der Waals surface area contributed by atoms with Crippen molar-refractivity contribution in [3.63, 3.8) is 0 Å². The van der Waals surface area contributed by atoms with Gasteiger partial charge in [-0.15, -0.1) is 0 Å². The lowest BCUT2D eigenvalue weighted by molar-refractivity contribution is 0.134. The molecule has 1 aliphatic rings. The number of aliphatic hydroxyl groups is 2. The second kappa shape index (κ2) is 2.97. The van der Waals surface area contributed by atoms with E-state index in [0.29, 0.717) is 6.42 Å². The SMILES string of the molecule is CCS(=O)(=O)C1CC1(CO)CO. The Kier molecular flexibility index (Phi) is 2.47. The van der Waals surface area contributed by atoms with E-state index in [9.17, 15) is 8.42 Å². The number of sulfone groups is 1. The van der Waals surface area contributed by atoms with Crippen LogP contribution >= 0.6 is 0 Å². The lowest BCUT2D eigenvalue weighted by Gasteiger charge is -2.09. The van der Waals surface area contributed by atoms with Crippen molar-refractivity contribution in [1.29, 1.82) is 0 Å². The number of aliphatic hydroxyl groups excluding tert-OH is 2. The van der Waals surface area contributed by atoms with Crippen LogP contribution in [0.4, 0.5) is 0 Å². The molecular formula is C7H14O4S. The highest BCUT2D eigenvalue weighted by molar-refractivity contribution is 7.92. The zero-order valence-corrected chi connectivity index (χ0v) is 7.84. The highest BCUT2D eigenvalue weighted by Crippen LogP contribution is 2.50. The minimum Gasteiger partial charge on any atom is -0.396 e. The van der Waals surface area contributed by atoms with E-state index in [0.717, 1.165) is 0 Å². The summed E-state index contributed by atoms with van der Waals surface area (Å²) < 4.78 is 22.5. The van der Waals surface area contributed by atoms with Crippen molar-refractivity contribution in [2.24, 2.45) is 5.41 Å². The highest BCUT2D eigenvalue weighted by atomic mass is 32.2. The van der Waals surface area contributed by atoms with Crippen LogP contribution in [0.5, 0.6) is 0 Å². The van der Waals surface area contributed by atoms with Crippen LogP contribution in [0.15, 0.2) is 0 Å². The van der Waals surface area contributed by atoms with Crippen molar-refractivity contribution in [2.75, 3.05) is 19.0 Å². The monoisotopic (exact) mass is 194 g/mol. The van der Waals surface area contributed by atoms with Gasteiger partial charge in [0.05, 0.1) is 18.5 Å². The lowest BCUT2D eigenvalue weighted by atomic mass is 10.1. The first-order chi connectivity index (χ1) is 5.52. The highest BCUT2D eigenvalue weighted by Gasteiger charge is 2.59. The van der Waals surface area contributed by atoms with Gasteiger partial charge in [0.2, 0.25) is 0 Å². The van der Waals surface area contributed by atoms with Crippen LogP contribution < -0.4 is 0 Å². The Hall–Kier alpha value is -0.130. The number of rotatable bonds is 4. The Morgan fingerprint density at radius 1 is 1.42 bits per heavy atom. The van der Waals surface area contributed by atoms with E-state index in [4.69, 9.17) is 10.2 Å². The summed E-state index contributed by atoms with van der Waals surface area (Å²) in [4.78, 5) is 0. The fourth-order valence-electron chi connectivity index (χ4n) is 1.40. The molecule has 0 aromatic rings. The summed E-state index contributed by atoms with van der Waals surface area (Å²) in [6.07, 6.45) is 0.399. The van der Waals surface area contributed by atoms with Crippen molar-refractivity contribution in [2.45, 2.75) is 18.6 Å². The topological polar surface area (TPSA) is 74.6 Å². The second-order valence-electron chi connectivity index (χ2n) is 3.32. The lowest BCUT2D eigenvalue weighted by Crippen LogP contribution is -2.23. The van der Waals surface area contributed by atoms with Gasteiger partial charge in [0, 0.05) is 11.2 Å². The molecule has 1 rings (SSSR count). The van der Waals surface area contributed by atoms with Crippen molar-refractivity contribution in [3.05, 3.63) is 0 Å². The molecule has 0 bridgehead atoms. The average molecular weight is 194 g/mol. The van der Waals surface area contributed by atoms with Gasteiger partial charge in [0.1, 0.15) is 0 Å². The Balaban J connectivity index is 2.74. The molecule has 72 valence electrons. The van der Waals surface area contributed by atoms with Crippen LogP contribution in [0.2, 0.25) is 0 Å². The molecule has 0 aromatic carbocycles. The first-order valence-corrected chi connectivity index (χ1v) is 5.67. The minimum absolute atomic E-state index is 0.0828. The summed E-state index contributed by atoms with van der Waals surface area (Å²) in [6, 6.07) is 0. The third-order valence-electron chi connectivity index (χ3n) is 2.58. The van der Waals surface area contributed by atoms with E-state index in [1.54, 1.807) is 6.92 Å². The molecule has 0 saturated heterocycles. The zero-order chi connectivity index (χ0) is 9.41. The molecule has 1 fully saturated rings. The number of hydrogen-bond donors (Lipinski definition) is 2. The van der Waals surface area contributed by atoms with Crippen molar-refractivity contribution < 1.29 is 18.6 Å². The third-order valence-corrected chi connectivity index (χ3v) is 4.92. The van der Waals surface area contributed by atoms with Crippen LogP contribution in [0.25, 0.3) is 0 Å². The minimum atomic E-state index is -3.08. The summed E-state index contributed by atoms with van der Waals surface area (Å²) >= 11 is 0. The summed E-state index contributed by atoms with van der Waals surface area (Å²) in [5, 5.41) is 17.2. The standard InChI is InChI=1S/C7H14O4S/c1-2-12(10,11)6-3-7(6,4-8)5-9/h6,8-9H,2-5H2,1H3. The average Bonchev–Trinajstić information content (AvgIpc) is 2.80. The number of hydrogen-bond acceptors (Lipinski definition) is 4. The molecule has 0 radical (unpaired) electrons. The van der Waals surface area contributed by atoms with E-state index in [1.807, 2.05) is 0 Å². The van der Waals surface area contributed by atoms with E-state index >= 15 is 0 Å². The van der Waals surface area contributed by atoms with Crippen molar-refractivity contribution in [3.8, 4) is 0 Å². The van der Waals surface area contributed by atoms with Crippen LogP contribution in [0.1, 0.15) is 13.3 Å². The molecule has 4 nitrogen and oxygen atoms in total. The van der Waals surface area contributed by atoms with E-state index in [-0.39, 0.29) is 19.0 Å². The summed E-state index contributed by atoms with van der Waals surface area (Å²) in [5.74, 6) is 0.0828. The van der Waals surface area contributed by atoms with Gasteiger partial charge in [-0.2, -0.15) is 0 Å². The molecule has 1 aliphatic carbocycles. The van der Waals surface area contributed by atoms with Gasteiger partial charge in [-0.25, -0.2) is 8.42 Å². The molecule has 2 N–H and O–H groups in total. The molecule has 5 heteroatoms. The van der Waals surface area contributed by atoms with Crippen LogP contribution in [0.3, 0.4) is 0 Å².